The number of hydrogen-bond acceptors (Lipinski definition) is 4. The summed E-state index contributed by atoms with van der Waals surface area (Å²) in [5.41, 5.74) is 1.83. The van der Waals surface area contributed by atoms with E-state index in [-0.39, 0.29) is 0 Å². The van der Waals surface area contributed by atoms with Gasteiger partial charge in [-0.25, -0.2) is 9.97 Å². The standard InChI is InChI=1S/C9H14N4O2S/c1-12(2)16(14,15)13-4-3-9-8(6-13)5-10-7-11-9/h5,7H,3-4,6H2,1-2H3. The van der Waals surface area contributed by atoms with E-state index in [9.17, 15) is 8.42 Å². The van der Waals surface area contributed by atoms with Gasteiger partial charge in [0.15, 0.2) is 0 Å². The van der Waals surface area contributed by atoms with Crippen LogP contribution in [0.15, 0.2) is 12.5 Å². The molecule has 1 aromatic rings. The number of rotatable bonds is 2. The van der Waals surface area contributed by atoms with Crippen molar-refractivity contribution in [1.29, 1.82) is 0 Å². The summed E-state index contributed by atoms with van der Waals surface area (Å²) >= 11 is 0. The van der Waals surface area contributed by atoms with Gasteiger partial charge in [-0.15, -0.1) is 0 Å². The first-order chi connectivity index (χ1) is 7.51. The second-order valence-corrected chi connectivity index (χ2v) is 6.01. The molecule has 0 saturated carbocycles. The average Bonchev–Trinajstić information content (AvgIpc) is 2.28. The predicted molar refractivity (Wildman–Crippen MR) is 58.8 cm³/mol. The molecule has 0 bridgehead atoms. The molecule has 0 unspecified atom stereocenters. The fraction of sp³-hybridized carbons (Fsp3) is 0.556. The summed E-state index contributed by atoms with van der Waals surface area (Å²) in [4.78, 5) is 8.05. The largest absolute Gasteiger partial charge is 0.281 e. The van der Waals surface area contributed by atoms with Crippen LogP contribution in [0.25, 0.3) is 0 Å². The van der Waals surface area contributed by atoms with E-state index in [1.165, 1.54) is 29.0 Å². The van der Waals surface area contributed by atoms with Crippen LogP contribution in [0, 0.1) is 0 Å². The Morgan fingerprint density at radius 3 is 2.88 bits per heavy atom. The molecule has 0 aromatic carbocycles. The molecule has 1 aliphatic rings. The second kappa shape index (κ2) is 4.08. The van der Waals surface area contributed by atoms with Crippen LogP contribution in [-0.2, 0) is 23.2 Å². The minimum absolute atomic E-state index is 0.358. The average molecular weight is 242 g/mol. The quantitative estimate of drug-likeness (QED) is 0.710. The van der Waals surface area contributed by atoms with Crippen molar-refractivity contribution in [2.45, 2.75) is 13.0 Å². The first-order valence-corrected chi connectivity index (χ1v) is 6.37. The highest BCUT2D eigenvalue weighted by Gasteiger charge is 2.28. The van der Waals surface area contributed by atoms with Crippen molar-refractivity contribution in [2.75, 3.05) is 20.6 Å². The van der Waals surface area contributed by atoms with Crippen molar-refractivity contribution in [3.8, 4) is 0 Å². The highest BCUT2D eigenvalue weighted by atomic mass is 32.2. The summed E-state index contributed by atoms with van der Waals surface area (Å²) in [7, 11) is -0.263. The molecule has 2 heterocycles. The third-order valence-electron chi connectivity index (χ3n) is 2.61. The number of nitrogens with zero attached hydrogens (tertiary/aromatic N) is 4. The van der Waals surface area contributed by atoms with Crippen molar-refractivity contribution in [2.24, 2.45) is 0 Å². The fourth-order valence-corrected chi connectivity index (χ4v) is 2.75. The van der Waals surface area contributed by atoms with Crippen LogP contribution in [0.4, 0.5) is 0 Å². The summed E-state index contributed by atoms with van der Waals surface area (Å²) in [5.74, 6) is 0. The molecule has 0 aliphatic carbocycles. The van der Waals surface area contributed by atoms with Gasteiger partial charge in [-0.3, -0.25) is 0 Å². The first-order valence-electron chi connectivity index (χ1n) is 4.97. The molecule has 0 atom stereocenters. The van der Waals surface area contributed by atoms with E-state index >= 15 is 0 Å². The Balaban J connectivity index is 2.27. The zero-order chi connectivity index (χ0) is 11.8. The molecular formula is C9H14N4O2S. The fourth-order valence-electron chi connectivity index (χ4n) is 1.67. The van der Waals surface area contributed by atoms with Crippen molar-refractivity contribution in [1.82, 2.24) is 18.6 Å². The molecule has 16 heavy (non-hydrogen) atoms. The van der Waals surface area contributed by atoms with Gasteiger partial charge in [-0.1, -0.05) is 0 Å². The molecule has 0 amide bonds. The summed E-state index contributed by atoms with van der Waals surface area (Å²) < 4.78 is 26.5. The van der Waals surface area contributed by atoms with Gasteiger partial charge >= 0.3 is 0 Å². The van der Waals surface area contributed by atoms with Gasteiger partial charge in [0.2, 0.25) is 0 Å². The van der Waals surface area contributed by atoms with E-state index in [4.69, 9.17) is 0 Å². The van der Waals surface area contributed by atoms with Crippen LogP contribution in [-0.4, -0.2) is 47.6 Å². The van der Waals surface area contributed by atoms with E-state index in [2.05, 4.69) is 9.97 Å². The molecule has 0 N–H and O–H groups in total. The Bertz CT molecular complexity index is 486. The highest BCUT2D eigenvalue weighted by Crippen LogP contribution is 2.19. The number of hydrogen-bond donors (Lipinski definition) is 0. The third-order valence-corrected chi connectivity index (χ3v) is 4.50. The lowest BCUT2D eigenvalue weighted by molar-refractivity contribution is 0.355. The van der Waals surface area contributed by atoms with Crippen LogP contribution in [0.2, 0.25) is 0 Å². The predicted octanol–water partition coefficient (Wildman–Crippen LogP) is -0.359. The maximum atomic E-state index is 11.9. The lowest BCUT2D eigenvalue weighted by Crippen LogP contribution is -2.42. The van der Waals surface area contributed by atoms with Gasteiger partial charge in [0.05, 0.1) is 0 Å². The molecular weight excluding hydrogens is 228 g/mol. The molecule has 88 valence electrons. The van der Waals surface area contributed by atoms with Crippen molar-refractivity contribution in [3.05, 3.63) is 23.8 Å². The van der Waals surface area contributed by atoms with Crippen LogP contribution < -0.4 is 0 Å². The molecule has 0 saturated heterocycles. The van der Waals surface area contributed by atoms with Gasteiger partial charge in [0.25, 0.3) is 10.2 Å². The van der Waals surface area contributed by atoms with Gasteiger partial charge in [-0.05, 0) is 0 Å². The normalized spacial score (nSPS) is 17.4. The van der Waals surface area contributed by atoms with E-state index in [0.717, 1.165) is 11.3 Å². The molecule has 2 rings (SSSR count). The Labute approximate surface area is 95.1 Å². The zero-order valence-corrected chi connectivity index (χ0v) is 10.1. The first kappa shape index (κ1) is 11.4. The van der Waals surface area contributed by atoms with Crippen molar-refractivity contribution >= 4 is 10.2 Å². The van der Waals surface area contributed by atoms with Crippen molar-refractivity contribution < 1.29 is 8.42 Å². The van der Waals surface area contributed by atoms with E-state index in [1.807, 2.05) is 0 Å². The molecule has 6 nitrogen and oxygen atoms in total. The van der Waals surface area contributed by atoms with E-state index in [0.29, 0.717) is 19.5 Å². The molecule has 0 spiro atoms. The minimum Gasteiger partial charge on any atom is -0.244 e. The summed E-state index contributed by atoms with van der Waals surface area (Å²) in [6.45, 7) is 0.835. The Morgan fingerprint density at radius 1 is 1.44 bits per heavy atom. The Morgan fingerprint density at radius 2 is 2.19 bits per heavy atom. The highest BCUT2D eigenvalue weighted by molar-refractivity contribution is 7.86. The molecule has 1 aromatic heterocycles. The molecule has 7 heteroatoms. The maximum Gasteiger partial charge on any atom is 0.281 e. The summed E-state index contributed by atoms with van der Waals surface area (Å²) in [6, 6.07) is 0. The SMILES string of the molecule is CN(C)S(=O)(=O)N1CCc2ncncc2C1. The zero-order valence-electron chi connectivity index (χ0n) is 9.29. The second-order valence-electron chi connectivity index (χ2n) is 3.87. The van der Waals surface area contributed by atoms with Gasteiger partial charge in [-0.2, -0.15) is 17.0 Å². The lowest BCUT2D eigenvalue weighted by atomic mass is 10.1. The van der Waals surface area contributed by atoms with Gasteiger partial charge in [0, 0.05) is 51.1 Å². The number of aromatic nitrogens is 2. The smallest absolute Gasteiger partial charge is 0.244 e. The van der Waals surface area contributed by atoms with Crippen LogP contribution in [0.3, 0.4) is 0 Å². The van der Waals surface area contributed by atoms with E-state index in [1.54, 1.807) is 6.20 Å². The van der Waals surface area contributed by atoms with Crippen LogP contribution in [0.1, 0.15) is 11.3 Å². The van der Waals surface area contributed by atoms with Crippen LogP contribution >= 0.6 is 0 Å². The topological polar surface area (TPSA) is 66.4 Å². The van der Waals surface area contributed by atoms with E-state index < -0.39 is 10.2 Å². The monoisotopic (exact) mass is 242 g/mol. The lowest BCUT2D eigenvalue weighted by Gasteiger charge is -2.29. The third kappa shape index (κ3) is 1.93. The Kier molecular flexibility index (Phi) is 2.92. The summed E-state index contributed by atoms with van der Waals surface area (Å²) in [5, 5.41) is 0. The molecule has 0 radical (unpaired) electrons. The van der Waals surface area contributed by atoms with Crippen LogP contribution in [0.5, 0.6) is 0 Å². The molecule has 0 fully saturated rings. The van der Waals surface area contributed by atoms with Crippen molar-refractivity contribution in [3.63, 3.8) is 0 Å². The minimum atomic E-state index is -3.33. The maximum absolute atomic E-state index is 11.9. The number of fused-ring (bicyclic) bond motifs is 1. The van der Waals surface area contributed by atoms with Gasteiger partial charge in [0.1, 0.15) is 6.33 Å². The summed E-state index contributed by atoms with van der Waals surface area (Å²) in [6.07, 6.45) is 3.82. The van der Waals surface area contributed by atoms with Gasteiger partial charge < -0.3 is 0 Å². The Hall–Kier alpha value is -1.05. The molecule has 1 aliphatic heterocycles.